The van der Waals surface area contributed by atoms with Gasteiger partial charge < -0.3 is 9.73 Å². The van der Waals surface area contributed by atoms with Gasteiger partial charge in [0.2, 0.25) is 5.91 Å². The SMILES string of the molecule is Cc1cc2occ(CC(=O)Nc3cccc(Cl)c3Cl)c2c(C)c1Cl. The van der Waals surface area contributed by atoms with Gasteiger partial charge in [-0.1, -0.05) is 40.9 Å². The second kappa shape index (κ2) is 6.67. The Labute approximate surface area is 154 Å². The van der Waals surface area contributed by atoms with E-state index >= 15 is 0 Å². The molecular formula is C18H14Cl3NO2. The summed E-state index contributed by atoms with van der Waals surface area (Å²) < 4.78 is 5.57. The molecule has 3 nitrogen and oxygen atoms in total. The Morgan fingerprint density at radius 1 is 1.17 bits per heavy atom. The molecule has 0 aliphatic carbocycles. The fourth-order valence-corrected chi connectivity index (χ4v) is 3.20. The number of anilines is 1. The first kappa shape index (κ1) is 17.2. The number of hydrogen-bond acceptors (Lipinski definition) is 2. The highest BCUT2D eigenvalue weighted by molar-refractivity contribution is 6.44. The summed E-state index contributed by atoms with van der Waals surface area (Å²) in [6.45, 7) is 3.84. The number of furan rings is 1. The van der Waals surface area contributed by atoms with Crippen molar-refractivity contribution in [1.29, 1.82) is 0 Å². The van der Waals surface area contributed by atoms with Crippen molar-refractivity contribution in [2.24, 2.45) is 0 Å². The Bertz CT molecular complexity index is 947. The molecule has 0 atom stereocenters. The lowest BCUT2D eigenvalue weighted by atomic mass is 10.0. The molecule has 3 rings (SSSR count). The van der Waals surface area contributed by atoms with Crippen LogP contribution in [0.5, 0.6) is 0 Å². The minimum Gasteiger partial charge on any atom is -0.464 e. The van der Waals surface area contributed by atoms with Crippen LogP contribution in [0.1, 0.15) is 16.7 Å². The van der Waals surface area contributed by atoms with Crippen LogP contribution in [0.4, 0.5) is 5.69 Å². The summed E-state index contributed by atoms with van der Waals surface area (Å²) in [7, 11) is 0. The zero-order valence-corrected chi connectivity index (χ0v) is 15.3. The Hall–Kier alpha value is -1.68. The van der Waals surface area contributed by atoms with E-state index in [0.717, 1.165) is 27.7 Å². The van der Waals surface area contributed by atoms with Crippen molar-refractivity contribution in [1.82, 2.24) is 0 Å². The fourth-order valence-electron chi connectivity index (χ4n) is 2.71. The largest absolute Gasteiger partial charge is 0.464 e. The lowest BCUT2D eigenvalue weighted by molar-refractivity contribution is -0.115. The molecule has 0 aliphatic heterocycles. The average molecular weight is 383 g/mol. The van der Waals surface area contributed by atoms with E-state index in [9.17, 15) is 4.79 Å². The van der Waals surface area contributed by atoms with Gasteiger partial charge in [0, 0.05) is 16.0 Å². The van der Waals surface area contributed by atoms with Crippen molar-refractivity contribution in [2.75, 3.05) is 5.32 Å². The van der Waals surface area contributed by atoms with Gasteiger partial charge in [-0.05, 0) is 43.2 Å². The van der Waals surface area contributed by atoms with Gasteiger partial charge in [0.05, 0.1) is 28.4 Å². The van der Waals surface area contributed by atoms with Gasteiger partial charge in [0.25, 0.3) is 0 Å². The highest BCUT2D eigenvalue weighted by atomic mass is 35.5. The number of halogens is 3. The van der Waals surface area contributed by atoms with Crippen LogP contribution in [0.3, 0.4) is 0 Å². The molecule has 0 bridgehead atoms. The van der Waals surface area contributed by atoms with Gasteiger partial charge in [0.15, 0.2) is 0 Å². The molecule has 2 aromatic carbocycles. The molecule has 24 heavy (non-hydrogen) atoms. The summed E-state index contributed by atoms with van der Waals surface area (Å²) in [6, 6.07) is 6.96. The Morgan fingerprint density at radius 3 is 2.67 bits per heavy atom. The van der Waals surface area contributed by atoms with Gasteiger partial charge in [-0.2, -0.15) is 0 Å². The van der Waals surface area contributed by atoms with E-state index in [2.05, 4.69) is 5.32 Å². The smallest absolute Gasteiger partial charge is 0.228 e. The third-order valence-corrected chi connectivity index (χ3v) is 5.27. The number of fused-ring (bicyclic) bond motifs is 1. The molecule has 0 spiro atoms. The summed E-state index contributed by atoms with van der Waals surface area (Å²) in [6.07, 6.45) is 1.74. The normalized spacial score (nSPS) is 11.0. The van der Waals surface area contributed by atoms with Crippen LogP contribution in [0.15, 0.2) is 34.9 Å². The van der Waals surface area contributed by atoms with E-state index in [0.29, 0.717) is 20.8 Å². The predicted octanol–water partition coefficient (Wildman–Crippen LogP) is 6.19. The van der Waals surface area contributed by atoms with Gasteiger partial charge in [-0.3, -0.25) is 4.79 Å². The molecule has 0 aliphatic rings. The van der Waals surface area contributed by atoms with Gasteiger partial charge in [-0.25, -0.2) is 0 Å². The van der Waals surface area contributed by atoms with Gasteiger partial charge in [0.1, 0.15) is 5.58 Å². The summed E-state index contributed by atoms with van der Waals surface area (Å²) in [4.78, 5) is 12.4. The summed E-state index contributed by atoms with van der Waals surface area (Å²) in [5.41, 5.74) is 3.83. The molecule has 1 heterocycles. The van der Waals surface area contributed by atoms with E-state index in [1.807, 2.05) is 19.9 Å². The van der Waals surface area contributed by atoms with Gasteiger partial charge >= 0.3 is 0 Å². The van der Waals surface area contributed by atoms with E-state index in [-0.39, 0.29) is 12.3 Å². The van der Waals surface area contributed by atoms with E-state index in [1.54, 1.807) is 24.5 Å². The molecule has 0 saturated heterocycles. The third kappa shape index (κ3) is 3.12. The molecule has 0 unspecified atom stereocenters. The molecule has 3 aromatic rings. The Morgan fingerprint density at radius 2 is 1.92 bits per heavy atom. The fraction of sp³-hybridized carbons (Fsp3) is 0.167. The number of carbonyl (C=O) groups is 1. The standard InChI is InChI=1S/C18H14Cl3NO2/c1-9-6-14-16(10(2)17(9)20)11(8-24-14)7-15(23)22-13-5-3-4-12(19)18(13)21/h3-6,8H,7H2,1-2H3,(H,22,23). The molecule has 0 saturated carbocycles. The van der Waals surface area contributed by atoms with E-state index < -0.39 is 0 Å². The van der Waals surface area contributed by atoms with Crippen molar-refractivity contribution in [3.8, 4) is 0 Å². The monoisotopic (exact) mass is 381 g/mol. The van der Waals surface area contributed by atoms with E-state index in [4.69, 9.17) is 39.2 Å². The molecule has 0 fully saturated rings. The summed E-state index contributed by atoms with van der Waals surface area (Å²) in [5, 5.41) is 5.04. The van der Waals surface area contributed by atoms with Crippen LogP contribution < -0.4 is 5.32 Å². The molecular weight excluding hydrogens is 369 g/mol. The molecule has 124 valence electrons. The second-order valence-electron chi connectivity index (χ2n) is 5.59. The molecule has 1 N–H and O–H groups in total. The molecule has 0 radical (unpaired) electrons. The van der Waals surface area contributed by atoms with Crippen LogP contribution in [0.2, 0.25) is 15.1 Å². The first-order valence-electron chi connectivity index (χ1n) is 7.28. The summed E-state index contributed by atoms with van der Waals surface area (Å²) >= 11 is 18.4. The quantitative estimate of drug-likeness (QED) is 0.586. The number of benzene rings is 2. The lowest BCUT2D eigenvalue weighted by Crippen LogP contribution is -2.14. The Kier molecular flexibility index (Phi) is 4.77. The van der Waals surface area contributed by atoms with Crippen molar-refractivity contribution < 1.29 is 9.21 Å². The maximum absolute atomic E-state index is 12.4. The molecule has 1 aromatic heterocycles. The first-order chi connectivity index (χ1) is 11.4. The number of nitrogens with one attached hydrogen (secondary N) is 1. The number of carbonyl (C=O) groups excluding carboxylic acids is 1. The third-order valence-electron chi connectivity index (χ3n) is 3.87. The molecule has 6 heteroatoms. The highest BCUT2D eigenvalue weighted by Gasteiger charge is 2.16. The highest BCUT2D eigenvalue weighted by Crippen LogP contribution is 2.33. The van der Waals surface area contributed by atoms with Crippen molar-refractivity contribution in [3.05, 3.63) is 62.3 Å². The topological polar surface area (TPSA) is 42.2 Å². The number of rotatable bonds is 3. The van der Waals surface area contributed by atoms with Crippen LogP contribution in [-0.4, -0.2) is 5.91 Å². The van der Waals surface area contributed by atoms with E-state index in [1.165, 1.54) is 0 Å². The number of aryl methyl sites for hydroxylation is 2. The van der Waals surface area contributed by atoms with Crippen LogP contribution in [-0.2, 0) is 11.2 Å². The first-order valence-corrected chi connectivity index (χ1v) is 8.41. The van der Waals surface area contributed by atoms with Crippen molar-refractivity contribution in [3.63, 3.8) is 0 Å². The zero-order chi connectivity index (χ0) is 17.4. The zero-order valence-electron chi connectivity index (χ0n) is 13.0. The average Bonchev–Trinajstić information content (AvgIpc) is 2.92. The van der Waals surface area contributed by atoms with Gasteiger partial charge in [-0.15, -0.1) is 0 Å². The number of hydrogen-bond donors (Lipinski definition) is 1. The van der Waals surface area contributed by atoms with Crippen LogP contribution in [0, 0.1) is 13.8 Å². The lowest BCUT2D eigenvalue weighted by Gasteiger charge is -2.08. The predicted molar refractivity (Wildman–Crippen MR) is 99.5 cm³/mol. The number of amides is 1. The van der Waals surface area contributed by atoms with Crippen LogP contribution >= 0.6 is 34.8 Å². The minimum absolute atomic E-state index is 0.149. The summed E-state index contributed by atoms with van der Waals surface area (Å²) in [5.74, 6) is -0.210. The van der Waals surface area contributed by atoms with Crippen molar-refractivity contribution >= 4 is 57.4 Å². The molecule has 1 amide bonds. The maximum atomic E-state index is 12.4. The van der Waals surface area contributed by atoms with Crippen molar-refractivity contribution in [2.45, 2.75) is 20.3 Å². The van der Waals surface area contributed by atoms with Crippen LogP contribution in [0.25, 0.3) is 11.0 Å². The maximum Gasteiger partial charge on any atom is 0.228 e. The Balaban J connectivity index is 1.89. The minimum atomic E-state index is -0.210. The second-order valence-corrected chi connectivity index (χ2v) is 6.76.